The minimum Gasteiger partial charge on any atom is -0.378 e. The summed E-state index contributed by atoms with van der Waals surface area (Å²) in [5, 5.41) is 12.3. The van der Waals surface area contributed by atoms with E-state index in [9.17, 15) is 4.79 Å². The van der Waals surface area contributed by atoms with Gasteiger partial charge in [0.2, 0.25) is 0 Å². The zero-order valence-corrected chi connectivity index (χ0v) is 15.0. The van der Waals surface area contributed by atoms with E-state index in [1.54, 1.807) is 22.9 Å². The van der Waals surface area contributed by atoms with Crippen molar-refractivity contribution < 1.29 is 9.53 Å². The molecule has 0 spiro atoms. The predicted molar refractivity (Wildman–Crippen MR) is 94.3 cm³/mol. The Bertz CT molecular complexity index is 687. The van der Waals surface area contributed by atoms with Gasteiger partial charge in [-0.05, 0) is 11.6 Å². The molecule has 8 nitrogen and oxygen atoms in total. The summed E-state index contributed by atoms with van der Waals surface area (Å²) in [6, 6.07) is 3.92. The minimum absolute atomic E-state index is 0.0448. The summed E-state index contributed by atoms with van der Waals surface area (Å²) in [7, 11) is 1.95. The zero-order valence-electron chi connectivity index (χ0n) is 14.2. The summed E-state index contributed by atoms with van der Waals surface area (Å²) < 4.78 is 7.22. The monoisotopic (exact) mass is 362 g/mol. The van der Waals surface area contributed by atoms with E-state index in [1.165, 1.54) is 0 Å². The highest BCUT2D eigenvalue weighted by Crippen LogP contribution is 2.20. The van der Waals surface area contributed by atoms with Crippen molar-refractivity contribution in [2.75, 3.05) is 32.8 Å². The molecule has 25 heavy (non-hydrogen) atoms. The molecule has 1 aliphatic rings. The molecule has 1 saturated heterocycles. The molecule has 0 aliphatic carbocycles. The summed E-state index contributed by atoms with van der Waals surface area (Å²) in [5.74, 6) is 1.66. The average molecular weight is 362 g/mol. The summed E-state index contributed by atoms with van der Waals surface area (Å²) in [6.07, 6.45) is 4.26. The van der Waals surface area contributed by atoms with Crippen molar-refractivity contribution in [2.24, 2.45) is 7.05 Å². The minimum atomic E-state index is -0.0448. The van der Waals surface area contributed by atoms with Gasteiger partial charge in [-0.3, -0.25) is 4.98 Å². The third kappa shape index (κ3) is 4.93. The van der Waals surface area contributed by atoms with Crippen molar-refractivity contribution in [3.05, 3.63) is 35.9 Å². The van der Waals surface area contributed by atoms with E-state index in [2.05, 4.69) is 20.5 Å². The Hall–Kier alpha value is -2.13. The number of aromatic nitrogens is 4. The number of nitrogens with zero attached hydrogens (tertiary/aromatic N) is 5. The van der Waals surface area contributed by atoms with Crippen molar-refractivity contribution in [3.63, 3.8) is 0 Å². The topological polar surface area (TPSA) is 85.2 Å². The normalized spacial score (nSPS) is 14.5. The lowest BCUT2D eigenvalue weighted by Crippen LogP contribution is -2.46. The number of nitrogens with one attached hydrogen (secondary N) is 1. The first-order valence-electron chi connectivity index (χ1n) is 8.24. The highest BCUT2D eigenvalue weighted by atomic mass is 32.2. The van der Waals surface area contributed by atoms with Crippen LogP contribution in [0.5, 0.6) is 0 Å². The first-order valence-corrected chi connectivity index (χ1v) is 9.23. The van der Waals surface area contributed by atoms with Crippen LogP contribution in [0.25, 0.3) is 0 Å². The van der Waals surface area contributed by atoms with Gasteiger partial charge in [-0.1, -0.05) is 17.8 Å². The van der Waals surface area contributed by atoms with Crippen molar-refractivity contribution in [1.29, 1.82) is 0 Å². The molecule has 2 aromatic heterocycles. The molecular weight excluding hydrogens is 340 g/mol. The molecule has 9 heteroatoms. The quantitative estimate of drug-likeness (QED) is 0.774. The smallest absolute Gasteiger partial charge is 0.317 e. The molecular formula is C16H22N6O2S. The molecule has 2 aromatic rings. The number of carbonyl (C=O) groups is 1. The molecule has 0 radical (unpaired) electrons. The molecule has 1 N–H and O–H groups in total. The summed E-state index contributed by atoms with van der Waals surface area (Å²) in [6.45, 7) is 3.04. The number of urea groups is 1. The number of ether oxygens (including phenoxy) is 1. The highest BCUT2D eigenvalue weighted by Gasteiger charge is 2.16. The fourth-order valence-electron chi connectivity index (χ4n) is 2.48. The number of amides is 2. The lowest BCUT2D eigenvalue weighted by atomic mass is 10.3. The van der Waals surface area contributed by atoms with E-state index in [1.807, 2.05) is 29.9 Å². The highest BCUT2D eigenvalue weighted by molar-refractivity contribution is 7.98. The van der Waals surface area contributed by atoms with Gasteiger partial charge in [-0.25, -0.2) is 4.79 Å². The molecule has 1 fully saturated rings. The summed E-state index contributed by atoms with van der Waals surface area (Å²) in [5.41, 5.74) is 1.15. The molecule has 1 aliphatic heterocycles. The molecule has 3 rings (SSSR count). The Kier molecular flexibility index (Phi) is 6.24. The number of pyridine rings is 1. The standard InChI is InChI=1S/C16H22N6O2S/c1-21-14(4-6-18-15(23)22-7-9-24-10-8-22)19-20-16(21)25-12-13-3-2-5-17-11-13/h2-3,5,11H,4,6-10,12H2,1H3,(H,18,23). The van der Waals surface area contributed by atoms with Crippen LogP contribution in [-0.2, 0) is 24.0 Å². The maximum absolute atomic E-state index is 12.0. The Labute approximate surface area is 151 Å². The van der Waals surface area contributed by atoms with Crippen LogP contribution >= 0.6 is 11.8 Å². The van der Waals surface area contributed by atoms with Crippen molar-refractivity contribution in [1.82, 2.24) is 30.0 Å². The molecule has 0 saturated carbocycles. The number of thioether (sulfide) groups is 1. The fraction of sp³-hybridized carbons (Fsp3) is 0.500. The zero-order chi connectivity index (χ0) is 17.5. The van der Waals surface area contributed by atoms with E-state index in [0.717, 1.165) is 22.3 Å². The van der Waals surface area contributed by atoms with Gasteiger partial charge < -0.3 is 19.5 Å². The van der Waals surface area contributed by atoms with Crippen LogP contribution in [0, 0.1) is 0 Å². The maximum atomic E-state index is 12.0. The molecule has 2 amide bonds. The van der Waals surface area contributed by atoms with Crippen molar-refractivity contribution in [3.8, 4) is 0 Å². The van der Waals surface area contributed by atoms with Crippen molar-refractivity contribution >= 4 is 17.8 Å². The third-order valence-corrected chi connectivity index (χ3v) is 5.03. The van der Waals surface area contributed by atoms with Gasteiger partial charge in [0.05, 0.1) is 13.2 Å². The van der Waals surface area contributed by atoms with Crippen molar-refractivity contribution in [2.45, 2.75) is 17.3 Å². The van der Waals surface area contributed by atoms with E-state index < -0.39 is 0 Å². The Morgan fingerprint density at radius 2 is 2.20 bits per heavy atom. The van der Waals surface area contributed by atoms with E-state index in [-0.39, 0.29) is 6.03 Å². The van der Waals surface area contributed by atoms with Gasteiger partial charge in [0.15, 0.2) is 5.16 Å². The van der Waals surface area contributed by atoms with Crippen LogP contribution in [0.15, 0.2) is 29.7 Å². The van der Waals surface area contributed by atoms with Gasteiger partial charge in [0.1, 0.15) is 5.82 Å². The van der Waals surface area contributed by atoms with E-state index in [4.69, 9.17) is 4.74 Å². The van der Waals surface area contributed by atoms with Gasteiger partial charge in [0.25, 0.3) is 0 Å². The number of morpholine rings is 1. The first-order chi connectivity index (χ1) is 12.2. The van der Waals surface area contributed by atoms with Gasteiger partial charge >= 0.3 is 6.03 Å². The van der Waals surface area contributed by atoms with Crippen LogP contribution in [0.1, 0.15) is 11.4 Å². The Balaban J connectivity index is 1.45. The third-order valence-electron chi connectivity index (χ3n) is 3.94. The van der Waals surface area contributed by atoms with E-state index in [0.29, 0.717) is 39.3 Å². The second-order valence-corrected chi connectivity index (χ2v) is 6.63. The van der Waals surface area contributed by atoms with Gasteiger partial charge in [-0.2, -0.15) is 0 Å². The fourth-order valence-corrected chi connectivity index (χ4v) is 3.34. The Morgan fingerprint density at radius 1 is 1.36 bits per heavy atom. The number of rotatable bonds is 6. The SMILES string of the molecule is Cn1c(CCNC(=O)N2CCOCC2)nnc1SCc1cccnc1. The lowest BCUT2D eigenvalue weighted by molar-refractivity contribution is 0.0532. The summed E-state index contributed by atoms with van der Waals surface area (Å²) in [4.78, 5) is 17.9. The molecule has 0 atom stereocenters. The van der Waals surface area contributed by atoms with E-state index >= 15 is 0 Å². The predicted octanol–water partition coefficient (Wildman–Crippen LogP) is 1.09. The number of hydrogen-bond acceptors (Lipinski definition) is 6. The number of hydrogen-bond donors (Lipinski definition) is 1. The maximum Gasteiger partial charge on any atom is 0.317 e. The van der Waals surface area contributed by atoms with Crippen LogP contribution in [0.3, 0.4) is 0 Å². The number of carbonyl (C=O) groups excluding carboxylic acids is 1. The Morgan fingerprint density at radius 3 is 2.96 bits per heavy atom. The van der Waals surface area contributed by atoms with Crippen LogP contribution in [-0.4, -0.2) is 63.5 Å². The van der Waals surface area contributed by atoms with Crippen LogP contribution in [0.4, 0.5) is 4.79 Å². The van der Waals surface area contributed by atoms with Gasteiger partial charge in [-0.15, -0.1) is 10.2 Å². The largest absolute Gasteiger partial charge is 0.378 e. The lowest BCUT2D eigenvalue weighted by Gasteiger charge is -2.26. The second-order valence-electron chi connectivity index (χ2n) is 5.69. The second kappa shape index (κ2) is 8.82. The molecule has 0 unspecified atom stereocenters. The first kappa shape index (κ1) is 17.7. The molecule has 0 bridgehead atoms. The molecule has 3 heterocycles. The summed E-state index contributed by atoms with van der Waals surface area (Å²) >= 11 is 1.62. The van der Waals surface area contributed by atoms with Crippen LogP contribution in [0.2, 0.25) is 0 Å². The average Bonchev–Trinajstić information content (AvgIpc) is 3.01. The molecule has 134 valence electrons. The van der Waals surface area contributed by atoms with Crippen LogP contribution < -0.4 is 5.32 Å². The molecule has 0 aromatic carbocycles. The van der Waals surface area contributed by atoms with Gasteiger partial charge in [0, 0.05) is 51.2 Å².